The molecule has 0 bridgehead atoms. The van der Waals surface area contributed by atoms with Gasteiger partial charge < -0.3 is 11.5 Å². The van der Waals surface area contributed by atoms with Crippen LogP contribution in [-0.4, -0.2) is 60.3 Å². The van der Waals surface area contributed by atoms with Gasteiger partial charge in [-0.1, -0.05) is 24.3 Å². The van der Waals surface area contributed by atoms with Gasteiger partial charge in [-0.25, -0.2) is 8.42 Å². The van der Waals surface area contributed by atoms with E-state index in [1.807, 2.05) is 0 Å². The minimum absolute atomic E-state index is 0. The standard InChI is InChI=1S/C32H24N6O14S5.Na/c33-31-23(15-27(56(47,48)49)21-3-1-5-25(29(21)31)54(41,42)43)37-35-17-7-11-19(12-8-17)53(39,40)20-13-9-18(10-14-20)36-38-24-16-28(57(50,51)52)22-4-2-6-26(55(44,45)46)30(22)32(24)34;/h1-16H,33-34H2,(H,41,42,43)(H,44,45,46)(H,47,48,49)(H,50,51,52);/q;+1. The normalized spacial score (nSPS) is 13.0. The van der Waals surface area contributed by atoms with Crippen molar-refractivity contribution in [1.82, 2.24) is 0 Å². The van der Waals surface area contributed by atoms with Gasteiger partial charge >= 0.3 is 29.6 Å². The fourth-order valence-electron chi connectivity index (χ4n) is 5.61. The summed E-state index contributed by atoms with van der Waals surface area (Å²) in [6.45, 7) is 0. The zero-order valence-electron chi connectivity index (χ0n) is 29.1. The number of nitrogens with zero attached hydrogens (tertiary/aromatic N) is 4. The number of anilines is 2. The van der Waals surface area contributed by atoms with Gasteiger partial charge in [0.15, 0.2) is 0 Å². The van der Waals surface area contributed by atoms with Crippen LogP contribution in [0.3, 0.4) is 0 Å². The third-order valence-corrected chi connectivity index (χ3v) is 13.5. The van der Waals surface area contributed by atoms with Crippen molar-refractivity contribution in [3.63, 3.8) is 0 Å². The van der Waals surface area contributed by atoms with E-state index in [0.717, 1.165) is 72.8 Å². The number of azo groups is 2. The molecule has 0 heterocycles. The number of sulfone groups is 1. The molecule has 0 saturated carbocycles. The SMILES string of the molecule is Nc1c(N=Nc2ccc(S(=O)(=O)c3ccc(N=Nc4cc(S(=O)(=O)O)c5cccc(S(=O)(=O)O)c5c4N)cc3)cc2)cc(S(=O)(=O)O)c2cccc(S(=O)(=O)O)c12.[Na+]. The van der Waals surface area contributed by atoms with Crippen molar-refractivity contribution in [3.8, 4) is 0 Å². The number of hydrogen-bond donors (Lipinski definition) is 6. The molecule has 0 unspecified atom stereocenters. The van der Waals surface area contributed by atoms with Gasteiger partial charge in [0, 0.05) is 21.5 Å². The monoisotopic (exact) mass is 899 g/mol. The number of nitrogen functional groups attached to an aromatic ring is 2. The van der Waals surface area contributed by atoms with E-state index in [0.29, 0.717) is 0 Å². The summed E-state index contributed by atoms with van der Waals surface area (Å²) in [6.07, 6.45) is 0. The minimum Gasteiger partial charge on any atom is -0.396 e. The van der Waals surface area contributed by atoms with Crippen LogP contribution in [0.25, 0.3) is 21.5 Å². The molecule has 0 aliphatic carbocycles. The molecule has 8 N–H and O–H groups in total. The van der Waals surface area contributed by atoms with Crippen LogP contribution in [-0.2, 0) is 50.3 Å². The number of fused-ring (bicyclic) bond motifs is 2. The van der Waals surface area contributed by atoms with Gasteiger partial charge in [0.05, 0.1) is 32.5 Å². The molecule has 0 saturated heterocycles. The maximum atomic E-state index is 13.4. The van der Waals surface area contributed by atoms with E-state index in [9.17, 15) is 60.3 Å². The molecule has 58 heavy (non-hydrogen) atoms. The number of rotatable bonds is 10. The maximum absolute atomic E-state index is 13.4. The first-order valence-electron chi connectivity index (χ1n) is 15.3. The molecule has 296 valence electrons. The zero-order chi connectivity index (χ0) is 41.9. The summed E-state index contributed by atoms with van der Waals surface area (Å²) >= 11 is 0. The van der Waals surface area contributed by atoms with Crippen molar-refractivity contribution in [1.29, 1.82) is 0 Å². The van der Waals surface area contributed by atoms with Gasteiger partial charge in [0.25, 0.3) is 40.5 Å². The summed E-state index contributed by atoms with van der Waals surface area (Å²) in [5, 5.41) is 14.0. The van der Waals surface area contributed by atoms with Crippen molar-refractivity contribution in [2.45, 2.75) is 29.4 Å². The van der Waals surface area contributed by atoms with Gasteiger partial charge in [-0.2, -0.15) is 43.9 Å². The Balaban J connectivity index is 0.00000641. The third kappa shape index (κ3) is 8.79. The first-order chi connectivity index (χ1) is 26.4. The van der Waals surface area contributed by atoms with Crippen LogP contribution in [0.2, 0.25) is 0 Å². The zero-order valence-corrected chi connectivity index (χ0v) is 35.2. The summed E-state index contributed by atoms with van der Waals surface area (Å²) in [5.74, 6) is 0. The second kappa shape index (κ2) is 15.8. The minimum atomic E-state index is -4.97. The Labute approximate surface area is 351 Å². The van der Waals surface area contributed by atoms with Gasteiger partial charge in [0.1, 0.15) is 31.0 Å². The van der Waals surface area contributed by atoms with E-state index in [1.54, 1.807) is 0 Å². The Bertz CT molecular complexity index is 3090. The van der Waals surface area contributed by atoms with E-state index < -0.39 is 103 Å². The Morgan fingerprint density at radius 3 is 1.02 bits per heavy atom. The predicted molar refractivity (Wildman–Crippen MR) is 203 cm³/mol. The summed E-state index contributed by atoms with van der Waals surface area (Å²) in [4.78, 5) is -3.51. The van der Waals surface area contributed by atoms with Gasteiger partial charge in [0.2, 0.25) is 9.84 Å². The molecule has 20 nitrogen and oxygen atoms in total. The molecule has 6 rings (SSSR count). The molecule has 0 radical (unpaired) electrons. The number of hydrogen-bond acceptors (Lipinski definition) is 16. The van der Waals surface area contributed by atoms with Crippen LogP contribution in [0.1, 0.15) is 0 Å². The van der Waals surface area contributed by atoms with E-state index in [1.165, 1.54) is 24.3 Å². The Morgan fingerprint density at radius 1 is 0.414 bits per heavy atom. The smallest absolute Gasteiger partial charge is 0.396 e. The van der Waals surface area contributed by atoms with Crippen LogP contribution in [0.4, 0.5) is 34.1 Å². The van der Waals surface area contributed by atoms with Crippen molar-refractivity contribution in [2.75, 3.05) is 11.5 Å². The van der Waals surface area contributed by atoms with Crippen LogP contribution in [0.5, 0.6) is 0 Å². The second-order valence-electron chi connectivity index (χ2n) is 11.8. The molecule has 26 heteroatoms. The molecule has 6 aromatic rings. The van der Waals surface area contributed by atoms with Gasteiger partial charge in [-0.05, 0) is 72.8 Å². The summed E-state index contributed by atoms with van der Waals surface area (Å²) in [5.41, 5.74) is 10.6. The summed E-state index contributed by atoms with van der Waals surface area (Å²) < 4.78 is 162. The topological polar surface area (TPSA) is 353 Å². The van der Waals surface area contributed by atoms with E-state index >= 15 is 0 Å². The molecule has 0 aromatic heterocycles. The van der Waals surface area contributed by atoms with Crippen LogP contribution in [0, 0.1) is 0 Å². The first kappa shape index (κ1) is 44.3. The summed E-state index contributed by atoms with van der Waals surface area (Å²) in [6, 6.07) is 17.7. The Morgan fingerprint density at radius 2 is 0.724 bits per heavy atom. The molecule has 0 fully saturated rings. The quantitative estimate of drug-likeness (QED) is 0.0498. The predicted octanol–water partition coefficient (Wildman–Crippen LogP) is 2.81. The molecular weight excluding hydrogens is 876 g/mol. The molecule has 6 aromatic carbocycles. The second-order valence-corrected chi connectivity index (χ2v) is 19.3. The number of benzene rings is 6. The van der Waals surface area contributed by atoms with E-state index in [2.05, 4.69) is 20.5 Å². The molecular formula is C32H24N6NaO14S5+. The average Bonchev–Trinajstić information content (AvgIpc) is 3.12. The van der Waals surface area contributed by atoms with E-state index in [-0.39, 0.29) is 61.5 Å². The first-order valence-corrected chi connectivity index (χ1v) is 22.5. The fraction of sp³-hybridized carbons (Fsp3) is 0. The molecule has 0 aliphatic heterocycles. The van der Waals surface area contributed by atoms with Gasteiger partial charge in [-0.15, -0.1) is 10.2 Å². The van der Waals surface area contributed by atoms with Crippen molar-refractivity contribution in [3.05, 3.63) is 97.1 Å². The average molecular weight is 900 g/mol. The molecule has 0 amide bonds. The Kier molecular flexibility index (Phi) is 12.1. The van der Waals surface area contributed by atoms with Gasteiger partial charge in [-0.3, -0.25) is 18.2 Å². The van der Waals surface area contributed by atoms with Crippen molar-refractivity contribution < 1.29 is 89.9 Å². The van der Waals surface area contributed by atoms with Crippen molar-refractivity contribution >= 4 is 106 Å². The van der Waals surface area contributed by atoms with Crippen molar-refractivity contribution in [2.24, 2.45) is 20.5 Å². The van der Waals surface area contributed by atoms with Crippen LogP contribution in [0.15, 0.2) is 147 Å². The Hall–Kier alpha value is -4.77. The van der Waals surface area contributed by atoms with E-state index in [4.69, 9.17) is 11.5 Å². The van der Waals surface area contributed by atoms with Crippen LogP contribution >= 0.6 is 0 Å². The fourth-order valence-corrected chi connectivity index (χ4v) is 9.74. The third-order valence-electron chi connectivity index (χ3n) is 8.16. The number of nitrogens with two attached hydrogens (primary N) is 2. The molecule has 0 aliphatic rings. The van der Waals surface area contributed by atoms with Crippen LogP contribution < -0.4 is 41.0 Å². The maximum Gasteiger partial charge on any atom is 1.00 e. The molecule has 0 spiro atoms. The largest absolute Gasteiger partial charge is 1.00 e. The summed E-state index contributed by atoms with van der Waals surface area (Å²) in [7, 11) is -24.0. The molecule has 0 atom stereocenters.